The van der Waals surface area contributed by atoms with Crippen LogP contribution in [0, 0.1) is 0 Å². The summed E-state index contributed by atoms with van der Waals surface area (Å²) in [6, 6.07) is 10.4. The first-order chi connectivity index (χ1) is 24.7. The van der Waals surface area contributed by atoms with Crippen LogP contribution < -0.4 is 12.5 Å². The van der Waals surface area contributed by atoms with Crippen molar-refractivity contribution in [1.82, 2.24) is 0 Å². The van der Waals surface area contributed by atoms with E-state index in [1.807, 2.05) is 6.92 Å². The van der Waals surface area contributed by atoms with Crippen LogP contribution in [0.5, 0.6) is 17.2 Å². The van der Waals surface area contributed by atoms with Crippen molar-refractivity contribution in [3.63, 3.8) is 0 Å². The van der Waals surface area contributed by atoms with E-state index in [1.54, 1.807) is 36.4 Å². The third kappa shape index (κ3) is 11.6. The third-order valence-corrected chi connectivity index (χ3v) is 9.37. The fourth-order valence-electron chi connectivity index (χ4n) is 5.98. The maximum Gasteiger partial charge on any atom is 0.306 e. The SMILES string of the molecule is COCc1cc(C(C)(c2cc(COC)c(OS(C)(=O)=O)c(COC)c2)c2cc(COC)c(OS(C)(=O)=O)c(COC)c2)cc(COC)c1OS(C)(=O)=O. The standard InChI is InChI=1S/C35H48O15S3/c1-35(29-11-23(17-42-2)32(48-51(8,36)37)24(12-29)18-43-3,30-13-25(19-44-4)33(49-52(9,38)39)26(14-30)20-45-5)31-15-27(21-46-6)34(50-53(10,40)41)28(16-31)22-47-7/h11-16H,17-22H2,1-10H3. The van der Waals surface area contributed by atoms with E-state index in [-0.39, 0.29) is 56.9 Å². The Hall–Kier alpha value is -3.33. The lowest BCUT2D eigenvalue weighted by Crippen LogP contribution is -2.28. The van der Waals surface area contributed by atoms with E-state index >= 15 is 0 Å². The van der Waals surface area contributed by atoms with Crippen LogP contribution in [0.3, 0.4) is 0 Å². The molecule has 0 heterocycles. The highest BCUT2D eigenvalue weighted by Crippen LogP contribution is 2.46. The van der Waals surface area contributed by atoms with Crippen molar-refractivity contribution >= 4 is 30.4 Å². The van der Waals surface area contributed by atoms with Crippen LogP contribution in [0.25, 0.3) is 0 Å². The first kappa shape index (κ1) is 44.1. The molecule has 3 aromatic carbocycles. The molecule has 0 aliphatic carbocycles. The van der Waals surface area contributed by atoms with E-state index in [4.69, 9.17) is 41.0 Å². The van der Waals surface area contributed by atoms with Gasteiger partial charge in [0.25, 0.3) is 0 Å². The maximum absolute atomic E-state index is 12.4. The van der Waals surface area contributed by atoms with Crippen LogP contribution in [0.4, 0.5) is 0 Å². The molecule has 0 saturated heterocycles. The molecule has 0 aliphatic heterocycles. The summed E-state index contributed by atoms with van der Waals surface area (Å²) in [5.74, 6) is 0.115. The van der Waals surface area contributed by atoms with Crippen LogP contribution in [0.2, 0.25) is 0 Å². The molecule has 15 nitrogen and oxygen atoms in total. The Morgan fingerprint density at radius 2 is 0.566 bits per heavy atom. The lowest BCUT2D eigenvalue weighted by Gasteiger charge is -2.35. The van der Waals surface area contributed by atoms with E-state index in [9.17, 15) is 25.3 Å². The third-order valence-electron chi connectivity index (χ3n) is 7.96. The molecular formula is C35H48O15S3. The summed E-state index contributed by atoms with van der Waals surface area (Å²) in [4.78, 5) is 0. The summed E-state index contributed by atoms with van der Waals surface area (Å²) in [6.07, 6.45) is 2.80. The topological polar surface area (TPSA) is 185 Å². The van der Waals surface area contributed by atoms with Gasteiger partial charge < -0.3 is 41.0 Å². The van der Waals surface area contributed by atoms with E-state index in [0.717, 1.165) is 18.8 Å². The van der Waals surface area contributed by atoms with Crippen molar-refractivity contribution in [2.75, 3.05) is 61.4 Å². The van der Waals surface area contributed by atoms with Gasteiger partial charge in [-0.2, -0.15) is 25.3 Å². The molecule has 0 unspecified atom stereocenters. The van der Waals surface area contributed by atoms with E-state index in [1.165, 1.54) is 42.7 Å². The molecule has 0 saturated carbocycles. The van der Waals surface area contributed by atoms with Gasteiger partial charge in [-0.25, -0.2) is 0 Å². The Morgan fingerprint density at radius 3 is 0.698 bits per heavy atom. The van der Waals surface area contributed by atoms with Crippen molar-refractivity contribution < 1.29 is 66.2 Å². The highest BCUT2D eigenvalue weighted by molar-refractivity contribution is 7.86. The minimum absolute atomic E-state index is 0.0383. The summed E-state index contributed by atoms with van der Waals surface area (Å²) in [7, 11) is -3.25. The second-order valence-electron chi connectivity index (χ2n) is 12.5. The Morgan fingerprint density at radius 1 is 0.396 bits per heavy atom. The number of benzene rings is 3. The van der Waals surface area contributed by atoms with Crippen molar-refractivity contribution in [1.29, 1.82) is 0 Å². The zero-order chi connectivity index (χ0) is 39.8. The molecule has 0 atom stereocenters. The Labute approximate surface area is 312 Å². The fraction of sp³-hybridized carbons (Fsp3) is 0.486. The smallest absolute Gasteiger partial charge is 0.306 e. The van der Waals surface area contributed by atoms with Gasteiger partial charge in [-0.3, -0.25) is 0 Å². The predicted molar refractivity (Wildman–Crippen MR) is 196 cm³/mol. The number of ether oxygens (including phenoxy) is 6. The molecular weight excluding hydrogens is 757 g/mol. The highest BCUT2D eigenvalue weighted by Gasteiger charge is 2.37. The number of hydrogen-bond donors (Lipinski definition) is 0. The second kappa shape index (κ2) is 18.3. The zero-order valence-corrected chi connectivity index (χ0v) is 34.0. The summed E-state index contributed by atoms with van der Waals surface area (Å²) in [5.41, 5.74) is 2.82. The monoisotopic (exact) mass is 804 g/mol. The zero-order valence-electron chi connectivity index (χ0n) is 31.6. The number of hydrogen-bond acceptors (Lipinski definition) is 15. The molecule has 3 rings (SSSR count). The van der Waals surface area contributed by atoms with E-state index in [2.05, 4.69) is 0 Å². The van der Waals surface area contributed by atoms with E-state index < -0.39 is 35.8 Å². The molecule has 0 spiro atoms. The van der Waals surface area contributed by atoms with Crippen LogP contribution in [-0.4, -0.2) is 86.7 Å². The van der Waals surface area contributed by atoms with Gasteiger partial charge in [0.05, 0.1) is 58.4 Å². The normalized spacial score (nSPS) is 12.6. The minimum Gasteiger partial charge on any atom is -0.382 e. The second-order valence-corrected chi connectivity index (χ2v) is 17.2. The van der Waals surface area contributed by atoms with Crippen LogP contribution in [-0.2, 0) is 104 Å². The van der Waals surface area contributed by atoms with Crippen LogP contribution in [0.15, 0.2) is 36.4 Å². The van der Waals surface area contributed by atoms with Gasteiger partial charge in [-0.1, -0.05) is 0 Å². The largest absolute Gasteiger partial charge is 0.382 e. The molecule has 0 N–H and O–H groups in total. The highest BCUT2D eigenvalue weighted by atomic mass is 32.2. The summed E-state index contributed by atoms with van der Waals surface area (Å²) >= 11 is 0. The van der Waals surface area contributed by atoms with Gasteiger partial charge in [-0.15, -0.1) is 0 Å². The molecule has 3 aromatic rings. The Bertz CT molecular complexity index is 1760. The van der Waals surface area contributed by atoms with Gasteiger partial charge in [0.15, 0.2) is 17.2 Å². The van der Waals surface area contributed by atoms with Gasteiger partial charge in [-0.05, 0) is 60.0 Å². The molecule has 0 radical (unpaired) electrons. The maximum atomic E-state index is 12.4. The average Bonchev–Trinajstić information content (AvgIpc) is 3.03. The Kier molecular flexibility index (Phi) is 15.2. The van der Waals surface area contributed by atoms with Gasteiger partial charge >= 0.3 is 30.4 Å². The lowest BCUT2D eigenvalue weighted by molar-refractivity contribution is 0.176. The van der Waals surface area contributed by atoms with Crippen LogP contribution >= 0.6 is 0 Å². The summed E-state index contributed by atoms with van der Waals surface area (Å²) < 4.78 is 124. The quantitative estimate of drug-likeness (QED) is 0.111. The first-order valence-corrected chi connectivity index (χ1v) is 21.3. The number of methoxy groups -OCH3 is 6. The van der Waals surface area contributed by atoms with Crippen molar-refractivity contribution in [3.05, 3.63) is 86.5 Å². The van der Waals surface area contributed by atoms with Crippen molar-refractivity contribution in [2.24, 2.45) is 0 Å². The van der Waals surface area contributed by atoms with Crippen molar-refractivity contribution in [3.8, 4) is 17.2 Å². The molecule has 296 valence electrons. The summed E-state index contributed by atoms with van der Waals surface area (Å²) in [5, 5.41) is 0. The minimum atomic E-state index is -3.99. The molecule has 53 heavy (non-hydrogen) atoms. The molecule has 0 aromatic heterocycles. The van der Waals surface area contributed by atoms with Gasteiger partial charge in [0, 0.05) is 81.5 Å². The predicted octanol–water partition coefficient (Wildman–Crippen LogP) is 3.93. The van der Waals surface area contributed by atoms with Gasteiger partial charge in [0.1, 0.15) is 0 Å². The van der Waals surface area contributed by atoms with Crippen molar-refractivity contribution in [2.45, 2.75) is 52.0 Å². The first-order valence-electron chi connectivity index (χ1n) is 15.9. The molecule has 0 aliphatic rings. The molecule has 0 amide bonds. The van der Waals surface area contributed by atoms with Crippen LogP contribution in [0.1, 0.15) is 57.0 Å². The lowest BCUT2D eigenvalue weighted by atomic mass is 9.69. The Balaban J connectivity index is 2.68. The van der Waals surface area contributed by atoms with Gasteiger partial charge in [0.2, 0.25) is 0 Å². The summed E-state index contributed by atoms with van der Waals surface area (Å²) in [6.45, 7) is 1.57. The average molecular weight is 805 g/mol. The number of rotatable bonds is 21. The molecule has 18 heteroatoms. The molecule has 0 bridgehead atoms. The fourth-order valence-corrected chi connectivity index (χ4v) is 7.53. The van der Waals surface area contributed by atoms with E-state index in [0.29, 0.717) is 50.1 Å². The molecule has 0 fully saturated rings.